The van der Waals surface area contributed by atoms with Crippen molar-refractivity contribution in [1.29, 1.82) is 0 Å². The van der Waals surface area contributed by atoms with Gasteiger partial charge in [0.1, 0.15) is 5.75 Å². The molecule has 2 aliphatic rings. The predicted molar refractivity (Wildman–Crippen MR) is 113 cm³/mol. The maximum atomic E-state index is 12.2. The topological polar surface area (TPSA) is 34.5 Å². The van der Waals surface area contributed by atoms with Crippen LogP contribution in [0.15, 0.2) is 47.3 Å². The van der Waals surface area contributed by atoms with Crippen molar-refractivity contribution in [2.75, 3.05) is 19.7 Å². The fourth-order valence-corrected chi connectivity index (χ4v) is 4.79. The van der Waals surface area contributed by atoms with E-state index in [2.05, 4.69) is 42.2 Å². The minimum Gasteiger partial charge on any atom is -0.494 e. The van der Waals surface area contributed by atoms with E-state index in [1.165, 1.54) is 36.9 Å². The van der Waals surface area contributed by atoms with Gasteiger partial charge >= 0.3 is 0 Å². The van der Waals surface area contributed by atoms with E-state index < -0.39 is 0 Å². The SMILES string of the molecule is CCCCCCOc1ccc(CN2CC3CC(C2)c2cccc(=O)n2C3)cc1. The molecular formula is C24H32N2O2. The van der Waals surface area contributed by atoms with Crippen molar-refractivity contribution in [3.63, 3.8) is 0 Å². The average Bonchev–Trinajstić information content (AvgIpc) is 2.70. The molecule has 2 atom stereocenters. The van der Waals surface area contributed by atoms with Gasteiger partial charge < -0.3 is 9.30 Å². The third-order valence-corrected chi connectivity index (χ3v) is 6.15. The van der Waals surface area contributed by atoms with E-state index in [9.17, 15) is 4.79 Å². The summed E-state index contributed by atoms with van der Waals surface area (Å²) < 4.78 is 7.87. The molecule has 4 nitrogen and oxygen atoms in total. The first kappa shape index (κ1) is 19.3. The van der Waals surface area contributed by atoms with Gasteiger partial charge in [0.25, 0.3) is 5.56 Å². The highest BCUT2D eigenvalue weighted by Crippen LogP contribution is 2.35. The van der Waals surface area contributed by atoms with Gasteiger partial charge in [-0.25, -0.2) is 0 Å². The van der Waals surface area contributed by atoms with Crippen LogP contribution in [0.3, 0.4) is 0 Å². The van der Waals surface area contributed by atoms with Gasteiger partial charge in [0.05, 0.1) is 6.61 Å². The minimum atomic E-state index is 0.158. The van der Waals surface area contributed by atoms with Gasteiger partial charge in [-0.05, 0) is 42.5 Å². The fraction of sp³-hybridized carbons (Fsp3) is 0.542. The maximum Gasteiger partial charge on any atom is 0.250 e. The lowest BCUT2D eigenvalue weighted by atomic mass is 9.83. The second-order valence-electron chi connectivity index (χ2n) is 8.45. The van der Waals surface area contributed by atoms with Crippen molar-refractivity contribution >= 4 is 0 Å². The number of fused-ring (bicyclic) bond motifs is 4. The van der Waals surface area contributed by atoms with E-state index in [4.69, 9.17) is 4.74 Å². The first-order valence-electron chi connectivity index (χ1n) is 10.9. The molecule has 150 valence electrons. The normalized spacial score (nSPS) is 21.3. The van der Waals surface area contributed by atoms with Crippen LogP contribution in [0.5, 0.6) is 5.75 Å². The van der Waals surface area contributed by atoms with E-state index in [1.807, 2.05) is 10.6 Å². The largest absolute Gasteiger partial charge is 0.494 e. The van der Waals surface area contributed by atoms with Crippen LogP contribution in [0.25, 0.3) is 0 Å². The Morgan fingerprint density at radius 2 is 1.86 bits per heavy atom. The number of nitrogens with zero attached hydrogens (tertiary/aromatic N) is 2. The molecule has 1 fully saturated rings. The zero-order valence-corrected chi connectivity index (χ0v) is 17.0. The molecule has 0 saturated carbocycles. The fourth-order valence-electron chi connectivity index (χ4n) is 4.79. The molecule has 4 heteroatoms. The Kier molecular flexibility index (Phi) is 6.16. The Morgan fingerprint density at radius 1 is 1.00 bits per heavy atom. The first-order chi connectivity index (χ1) is 13.7. The first-order valence-corrected chi connectivity index (χ1v) is 10.9. The molecule has 1 saturated heterocycles. The average molecular weight is 381 g/mol. The summed E-state index contributed by atoms with van der Waals surface area (Å²) >= 11 is 0. The third kappa shape index (κ3) is 4.49. The molecule has 0 N–H and O–H groups in total. The molecular weight excluding hydrogens is 348 g/mol. The van der Waals surface area contributed by atoms with Crippen LogP contribution >= 0.6 is 0 Å². The Bertz CT molecular complexity index is 827. The molecule has 2 aliphatic heterocycles. The molecule has 0 spiro atoms. The number of hydrogen-bond acceptors (Lipinski definition) is 3. The monoisotopic (exact) mass is 380 g/mol. The van der Waals surface area contributed by atoms with Gasteiger partial charge in [0, 0.05) is 43.9 Å². The summed E-state index contributed by atoms with van der Waals surface area (Å²) in [7, 11) is 0. The van der Waals surface area contributed by atoms with Crippen molar-refractivity contribution in [1.82, 2.24) is 9.47 Å². The van der Waals surface area contributed by atoms with Gasteiger partial charge in [-0.3, -0.25) is 9.69 Å². The Labute approximate surface area is 168 Å². The maximum absolute atomic E-state index is 12.2. The lowest BCUT2D eigenvalue weighted by molar-refractivity contribution is 0.114. The number of ether oxygens (including phenoxy) is 1. The lowest BCUT2D eigenvalue weighted by Gasteiger charge is -2.42. The Balaban J connectivity index is 1.32. The lowest BCUT2D eigenvalue weighted by Crippen LogP contribution is -2.46. The summed E-state index contributed by atoms with van der Waals surface area (Å²) in [5, 5.41) is 0. The standard InChI is InChI=1S/C24H32N2O2/c1-2-3-4-5-13-28-22-11-9-19(10-12-22)15-25-16-20-14-21(18-25)23-7-6-8-24(27)26(23)17-20/h6-12,20-21H,2-5,13-18H2,1H3. The van der Waals surface area contributed by atoms with Crippen molar-refractivity contribution in [3.05, 3.63) is 64.1 Å². The molecule has 1 aromatic heterocycles. The second-order valence-corrected chi connectivity index (χ2v) is 8.45. The number of hydrogen-bond donors (Lipinski definition) is 0. The highest BCUT2D eigenvalue weighted by Gasteiger charge is 2.34. The summed E-state index contributed by atoms with van der Waals surface area (Å²) in [4.78, 5) is 14.7. The summed E-state index contributed by atoms with van der Waals surface area (Å²) in [6.07, 6.45) is 6.15. The molecule has 2 aromatic rings. The Morgan fingerprint density at radius 3 is 2.68 bits per heavy atom. The Hall–Kier alpha value is -2.07. The molecule has 2 bridgehead atoms. The number of aromatic nitrogens is 1. The van der Waals surface area contributed by atoms with Crippen LogP contribution < -0.4 is 10.3 Å². The number of piperidine rings is 1. The molecule has 3 heterocycles. The van der Waals surface area contributed by atoms with Gasteiger partial charge in [-0.2, -0.15) is 0 Å². The van der Waals surface area contributed by atoms with Crippen LogP contribution in [-0.2, 0) is 13.1 Å². The summed E-state index contributed by atoms with van der Waals surface area (Å²) in [5.74, 6) is 2.04. The smallest absolute Gasteiger partial charge is 0.250 e. The van der Waals surface area contributed by atoms with Gasteiger partial charge in [0.2, 0.25) is 0 Å². The van der Waals surface area contributed by atoms with Crippen LogP contribution in [0, 0.1) is 5.92 Å². The highest BCUT2D eigenvalue weighted by molar-refractivity contribution is 5.27. The zero-order chi connectivity index (χ0) is 19.3. The summed E-state index contributed by atoms with van der Waals surface area (Å²) in [5.41, 5.74) is 2.72. The molecule has 0 amide bonds. The molecule has 0 radical (unpaired) electrons. The number of unbranched alkanes of at least 4 members (excludes halogenated alkanes) is 3. The van der Waals surface area contributed by atoms with Crippen molar-refractivity contribution in [3.8, 4) is 5.75 Å². The number of rotatable bonds is 8. The highest BCUT2D eigenvalue weighted by atomic mass is 16.5. The van der Waals surface area contributed by atoms with Crippen LogP contribution in [0.4, 0.5) is 0 Å². The van der Waals surface area contributed by atoms with Gasteiger partial charge in [-0.15, -0.1) is 0 Å². The number of pyridine rings is 1. The summed E-state index contributed by atoms with van der Waals surface area (Å²) in [6.45, 7) is 7.00. The van der Waals surface area contributed by atoms with Crippen LogP contribution in [-0.4, -0.2) is 29.2 Å². The molecule has 28 heavy (non-hydrogen) atoms. The van der Waals surface area contributed by atoms with E-state index in [-0.39, 0.29) is 5.56 Å². The molecule has 0 aliphatic carbocycles. The van der Waals surface area contributed by atoms with Crippen molar-refractivity contribution in [2.45, 2.75) is 58.0 Å². The van der Waals surface area contributed by atoms with E-state index >= 15 is 0 Å². The zero-order valence-electron chi connectivity index (χ0n) is 17.0. The summed E-state index contributed by atoms with van der Waals surface area (Å²) in [6, 6.07) is 14.3. The van der Waals surface area contributed by atoms with Crippen LogP contribution in [0.2, 0.25) is 0 Å². The second kappa shape index (κ2) is 8.95. The van der Waals surface area contributed by atoms with Gasteiger partial charge in [0.15, 0.2) is 0 Å². The van der Waals surface area contributed by atoms with Crippen molar-refractivity contribution < 1.29 is 4.74 Å². The molecule has 1 aromatic carbocycles. The van der Waals surface area contributed by atoms with Crippen LogP contribution in [0.1, 0.15) is 56.2 Å². The number of likely N-dealkylation sites (tertiary alicyclic amines) is 1. The van der Waals surface area contributed by atoms with Crippen molar-refractivity contribution in [2.24, 2.45) is 5.92 Å². The molecule has 2 unspecified atom stereocenters. The third-order valence-electron chi connectivity index (χ3n) is 6.15. The predicted octanol–water partition coefficient (Wildman–Crippen LogP) is 4.43. The van der Waals surface area contributed by atoms with E-state index in [0.717, 1.165) is 45.0 Å². The minimum absolute atomic E-state index is 0.158. The van der Waals surface area contributed by atoms with E-state index in [1.54, 1.807) is 6.07 Å². The number of benzene rings is 1. The molecule has 4 rings (SSSR count). The quantitative estimate of drug-likeness (QED) is 0.636. The van der Waals surface area contributed by atoms with Gasteiger partial charge in [-0.1, -0.05) is 44.4 Å². The van der Waals surface area contributed by atoms with E-state index in [0.29, 0.717) is 11.8 Å².